The summed E-state index contributed by atoms with van der Waals surface area (Å²) >= 11 is 0. The third-order valence-corrected chi connectivity index (χ3v) is 3.67. The number of aliphatic imine (C=N–C) groups is 1. The third kappa shape index (κ3) is 10.2. The Morgan fingerprint density at radius 1 is 1.32 bits per heavy atom. The number of para-hydroxylation sites is 1. The van der Waals surface area contributed by atoms with E-state index in [9.17, 15) is 4.79 Å². The molecule has 6 nitrogen and oxygen atoms in total. The highest BCUT2D eigenvalue weighted by molar-refractivity contribution is 14.0. The molecule has 7 heteroatoms. The molecule has 1 atom stereocenters. The van der Waals surface area contributed by atoms with Crippen molar-refractivity contribution in [2.75, 3.05) is 33.8 Å². The molecule has 25 heavy (non-hydrogen) atoms. The Kier molecular flexibility index (Phi) is 12.9. The van der Waals surface area contributed by atoms with Crippen molar-refractivity contribution < 1.29 is 9.53 Å². The molecule has 0 saturated heterocycles. The lowest BCUT2D eigenvalue weighted by Gasteiger charge is -2.22. The van der Waals surface area contributed by atoms with Gasteiger partial charge in [-0.05, 0) is 25.5 Å². The van der Waals surface area contributed by atoms with E-state index >= 15 is 0 Å². The maximum atomic E-state index is 11.8. The average molecular weight is 462 g/mol. The van der Waals surface area contributed by atoms with Crippen LogP contribution in [-0.4, -0.2) is 56.6 Å². The second-order valence-electron chi connectivity index (χ2n) is 5.68. The van der Waals surface area contributed by atoms with Gasteiger partial charge in [0.2, 0.25) is 5.91 Å². The maximum Gasteiger partial charge on any atom is 0.221 e. The van der Waals surface area contributed by atoms with E-state index < -0.39 is 0 Å². The van der Waals surface area contributed by atoms with E-state index in [1.54, 1.807) is 7.05 Å². The second kappa shape index (κ2) is 13.7. The number of hydrogen-bond acceptors (Lipinski definition) is 3. The molecule has 1 aromatic carbocycles. The summed E-state index contributed by atoms with van der Waals surface area (Å²) in [5.41, 5.74) is 0. The van der Waals surface area contributed by atoms with Crippen molar-refractivity contribution in [2.45, 2.75) is 32.7 Å². The number of carbonyl (C=O) groups is 1. The first kappa shape index (κ1) is 23.5. The number of benzene rings is 1. The van der Waals surface area contributed by atoms with Gasteiger partial charge in [-0.15, -0.1) is 24.0 Å². The zero-order valence-corrected chi connectivity index (χ0v) is 17.9. The Bertz CT molecular complexity index is 511. The molecular formula is C18H31IN4O2. The maximum absolute atomic E-state index is 11.8. The number of ether oxygens (including phenoxy) is 1. The van der Waals surface area contributed by atoms with Crippen LogP contribution >= 0.6 is 24.0 Å². The summed E-state index contributed by atoms with van der Waals surface area (Å²) in [6, 6.07) is 9.94. The van der Waals surface area contributed by atoms with Gasteiger partial charge < -0.3 is 20.3 Å². The molecule has 0 spiro atoms. The van der Waals surface area contributed by atoms with Crippen LogP contribution in [0.5, 0.6) is 5.75 Å². The molecule has 0 fully saturated rings. The first-order valence-electron chi connectivity index (χ1n) is 8.45. The Hall–Kier alpha value is -1.51. The van der Waals surface area contributed by atoms with Gasteiger partial charge in [0.15, 0.2) is 5.96 Å². The van der Waals surface area contributed by atoms with E-state index in [1.165, 1.54) is 0 Å². The minimum Gasteiger partial charge on any atom is -0.492 e. The van der Waals surface area contributed by atoms with Gasteiger partial charge in [0.1, 0.15) is 12.4 Å². The zero-order valence-electron chi connectivity index (χ0n) is 15.6. The van der Waals surface area contributed by atoms with Gasteiger partial charge in [0.25, 0.3) is 0 Å². The van der Waals surface area contributed by atoms with E-state index in [-0.39, 0.29) is 35.9 Å². The molecule has 1 rings (SSSR count). The highest BCUT2D eigenvalue weighted by atomic mass is 127. The van der Waals surface area contributed by atoms with Gasteiger partial charge in [-0.25, -0.2) is 0 Å². The van der Waals surface area contributed by atoms with Crippen LogP contribution < -0.4 is 15.4 Å². The van der Waals surface area contributed by atoms with Gasteiger partial charge >= 0.3 is 0 Å². The van der Waals surface area contributed by atoms with Crippen molar-refractivity contribution in [1.29, 1.82) is 0 Å². The number of nitrogens with one attached hydrogen (secondary N) is 2. The van der Waals surface area contributed by atoms with Crippen LogP contribution in [0.15, 0.2) is 35.3 Å². The summed E-state index contributed by atoms with van der Waals surface area (Å²) < 4.78 is 5.68. The monoisotopic (exact) mass is 462 g/mol. The van der Waals surface area contributed by atoms with Crippen molar-refractivity contribution in [3.8, 4) is 5.75 Å². The molecule has 0 aliphatic rings. The molecule has 1 aromatic rings. The Morgan fingerprint density at radius 3 is 2.60 bits per heavy atom. The fourth-order valence-corrected chi connectivity index (χ4v) is 2.04. The SMILES string of the molecule is CCC(C)NC(=O)CCNC(=NC)N(C)CCOc1ccccc1.I. The number of hydrogen-bond donors (Lipinski definition) is 2. The minimum atomic E-state index is 0. The van der Waals surface area contributed by atoms with Gasteiger partial charge in [0.05, 0.1) is 6.54 Å². The topological polar surface area (TPSA) is 66.0 Å². The molecule has 0 aliphatic heterocycles. The molecule has 0 heterocycles. The van der Waals surface area contributed by atoms with E-state index in [4.69, 9.17) is 4.74 Å². The Balaban J connectivity index is 0.00000576. The number of likely N-dealkylation sites (N-methyl/N-ethyl adjacent to an activating group) is 1. The average Bonchev–Trinajstić information content (AvgIpc) is 2.59. The fraction of sp³-hybridized carbons (Fsp3) is 0.556. The van der Waals surface area contributed by atoms with Crippen molar-refractivity contribution in [3.63, 3.8) is 0 Å². The van der Waals surface area contributed by atoms with Crippen LogP contribution in [0.25, 0.3) is 0 Å². The smallest absolute Gasteiger partial charge is 0.221 e. The van der Waals surface area contributed by atoms with E-state index in [0.717, 1.165) is 18.1 Å². The highest BCUT2D eigenvalue weighted by Gasteiger charge is 2.08. The third-order valence-electron chi connectivity index (χ3n) is 3.67. The van der Waals surface area contributed by atoms with Gasteiger partial charge in [-0.3, -0.25) is 9.79 Å². The van der Waals surface area contributed by atoms with Crippen molar-refractivity contribution in [2.24, 2.45) is 4.99 Å². The first-order valence-corrected chi connectivity index (χ1v) is 8.45. The molecule has 2 N–H and O–H groups in total. The molecule has 1 amide bonds. The van der Waals surface area contributed by atoms with Crippen LogP contribution in [0.3, 0.4) is 0 Å². The molecule has 0 radical (unpaired) electrons. The lowest BCUT2D eigenvalue weighted by Crippen LogP contribution is -2.42. The lowest BCUT2D eigenvalue weighted by molar-refractivity contribution is -0.121. The van der Waals surface area contributed by atoms with Gasteiger partial charge in [-0.1, -0.05) is 25.1 Å². The Labute approximate surface area is 168 Å². The summed E-state index contributed by atoms with van der Waals surface area (Å²) in [6.45, 7) is 5.88. The summed E-state index contributed by atoms with van der Waals surface area (Å²) in [6.07, 6.45) is 1.36. The van der Waals surface area contributed by atoms with Crippen LogP contribution in [-0.2, 0) is 4.79 Å². The molecule has 0 aliphatic carbocycles. The number of rotatable bonds is 9. The molecule has 0 bridgehead atoms. The largest absolute Gasteiger partial charge is 0.492 e. The number of amides is 1. The van der Waals surface area contributed by atoms with E-state index in [0.29, 0.717) is 26.1 Å². The van der Waals surface area contributed by atoms with E-state index in [1.807, 2.05) is 49.2 Å². The first-order chi connectivity index (χ1) is 11.6. The van der Waals surface area contributed by atoms with Gasteiger partial charge in [-0.2, -0.15) is 0 Å². The molecule has 142 valence electrons. The van der Waals surface area contributed by atoms with E-state index in [2.05, 4.69) is 22.5 Å². The van der Waals surface area contributed by atoms with Crippen LogP contribution in [0, 0.1) is 0 Å². The molecular weight excluding hydrogens is 431 g/mol. The number of guanidine groups is 1. The number of carbonyl (C=O) groups excluding carboxylic acids is 1. The summed E-state index contributed by atoms with van der Waals surface area (Å²) in [4.78, 5) is 18.0. The predicted octanol–water partition coefficient (Wildman–Crippen LogP) is 2.50. The van der Waals surface area contributed by atoms with Crippen LogP contribution in [0.2, 0.25) is 0 Å². The number of nitrogens with zero attached hydrogens (tertiary/aromatic N) is 2. The minimum absolute atomic E-state index is 0. The molecule has 0 aromatic heterocycles. The van der Waals surface area contributed by atoms with Crippen LogP contribution in [0.4, 0.5) is 0 Å². The molecule has 0 saturated carbocycles. The predicted molar refractivity (Wildman–Crippen MR) is 114 cm³/mol. The summed E-state index contributed by atoms with van der Waals surface area (Å²) in [7, 11) is 3.68. The van der Waals surface area contributed by atoms with Crippen molar-refractivity contribution >= 4 is 35.8 Å². The quantitative estimate of drug-likeness (QED) is 0.336. The lowest BCUT2D eigenvalue weighted by atomic mass is 10.2. The van der Waals surface area contributed by atoms with Gasteiger partial charge in [0, 0.05) is 33.1 Å². The zero-order chi connectivity index (χ0) is 17.8. The molecule has 1 unspecified atom stereocenters. The standard InChI is InChI=1S/C18H30N4O2.HI/c1-5-15(2)21-17(23)11-12-20-18(19-3)22(4)13-14-24-16-9-7-6-8-10-16;/h6-10,15H,5,11-14H2,1-4H3,(H,19,20)(H,21,23);1H. The summed E-state index contributed by atoms with van der Waals surface area (Å²) in [5, 5.41) is 6.15. The van der Waals surface area contributed by atoms with Crippen molar-refractivity contribution in [1.82, 2.24) is 15.5 Å². The second-order valence-corrected chi connectivity index (χ2v) is 5.68. The van der Waals surface area contributed by atoms with Crippen LogP contribution in [0.1, 0.15) is 26.7 Å². The Morgan fingerprint density at radius 2 is 2.00 bits per heavy atom. The fourth-order valence-electron chi connectivity index (χ4n) is 2.04. The van der Waals surface area contributed by atoms with Crippen molar-refractivity contribution in [3.05, 3.63) is 30.3 Å². The number of halogens is 1. The summed E-state index contributed by atoms with van der Waals surface area (Å²) in [5.74, 6) is 1.67. The highest BCUT2D eigenvalue weighted by Crippen LogP contribution is 2.07. The normalized spacial score (nSPS) is 11.9.